The smallest absolute Gasteiger partial charge is 0.246 e. The molecule has 0 aliphatic rings. The number of hydrogen-bond acceptors (Lipinski definition) is 2. The molecular weight excluding hydrogens is 178 g/mol. The Bertz CT molecular complexity index is 272. The van der Waals surface area contributed by atoms with Gasteiger partial charge >= 0.3 is 0 Å². The zero-order valence-corrected chi connectivity index (χ0v) is 8.32. The van der Waals surface area contributed by atoms with Crippen molar-refractivity contribution in [3.63, 3.8) is 0 Å². The molecule has 0 unspecified atom stereocenters. The summed E-state index contributed by atoms with van der Waals surface area (Å²) in [6.45, 7) is 3.14. The van der Waals surface area contributed by atoms with Gasteiger partial charge in [0.15, 0.2) is 0 Å². The van der Waals surface area contributed by atoms with E-state index in [1.54, 1.807) is 0 Å². The third-order valence-electron chi connectivity index (χ3n) is 1.72. The Morgan fingerprint density at radius 1 is 1.36 bits per heavy atom. The summed E-state index contributed by atoms with van der Waals surface area (Å²) >= 11 is 0. The van der Waals surface area contributed by atoms with Crippen molar-refractivity contribution in [1.82, 2.24) is 5.32 Å². The van der Waals surface area contributed by atoms with Crippen molar-refractivity contribution in [1.29, 1.82) is 0 Å². The highest BCUT2D eigenvalue weighted by Gasteiger charge is 1.98. The quantitative estimate of drug-likeness (QED) is 0.766. The third-order valence-corrected chi connectivity index (χ3v) is 1.72. The van der Waals surface area contributed by atoms with Gasteiger partial charge in [0.1, 0.15) is 6.61 Å². The summed E-state index contributed by atoms with van der Waals surface area (Å²) in [4.78, 5) is 11.0. The van der Waals surface area contributed by atoms with Crippen LogP contribution in [0.5, 0.6) is 0 Å². The average Bonchev–Trinajstić information content (AvgIpc) is 2.20. The second-order valence-electron chi connectivity index (χ2n) is 2.93. The minimum atomic E-state index is -0.0663. The monoisotopic (exact) mass is 193 g/mol. The van der Waals surface area contributed by atoms with Crippen LogP contribution in [0.3, 0.4) is 0 Å². The Labute approximate surface area is 84.1 Å². The van der Waals surface area contributed by atoms with Crippen molar-refractivity contribution in [2.24, 2.45) is 0 Å². The van der Waals surface area contributed by atoms with E-state index in [2.05, 4.69) is 5.32 Å². The van der Waals surface area contributed by atoms with Gasteiger partial charge in [0.2, 0.25) is 5.91 Å². The summed E-state index contributed by atoms with van der Waals surface area (Å²) in [6.07, 6.45) is 0. The van der Waals surface area contributed by atoms with Crippen LogP contribution in [0.1, 0.15) is 12.5 Å². The summed E-state index contributed by atoms with van der Waals surface area (Å²) < 4.78 is 5.22. The first kappa shape index (κ1) is 10.7. The lowest BCUT2D eigenvalue weighted by molar-refractivity contribution is -0.125. The predicted molar refractivity (Wildman–Crippen MR) is 54.8 cm³/mol. The van der Waals surface area contributed by atoms with Crippen molar-refractivity contribution < 1.29 is 9.53 Å². The number of rotatable bonds is 5. The second-order valence-corrected chi connectivity index (χ2v) is 2.93. The van der Waals surface area contributed by atoms with E-state index in [9.17, 15) is 4.79 Å². The number of hydrogen-bond donors (Lipinski definition) is 1. The lowest BCUT2D eigenvalue weighted by Gasteiger charge is -2.04. The zero-order valence-electron chi connectivity index (χ0n) is 8.32. The molecule has 0 radical (unpaired) electrons. The molecule has 0 fully saturated rings. The Morgan fingerprint density at radius 3 is 2.71 bits per heavy atom. The standard InChI is InChI=1S/C11H15NO2/c1-2-12-11(13)9-14-8-10-6-4-3-5-7-10/h3-7H,2,8-9H2,1H3,(H,12,13). The molecule has 0 aliphatic heterocycles. The van der Waals surface area contributed by atoms with Gasteiger partial charge in [-0.2, -0.15) is 0 Å². The molecule has 0 saturated heterocycles. The number of likely N-dealkylation sites (N-methyl/N-ethyl adjacent to an activating group) is 1. The fourth-order valence-corrected chi connectivity index (χ4v) is 1.08. The van der Waals surface area contributed by atoms with E-state index >= 15 is 0 Å². The van der Waals surface area contributed by atoms with Gasteiger partial charge in [-0.3, -0.25) is 4.79 Å². The molecule has 0 bridgehead atoms. The Morgan fingerprint density at radius 2 is 2.07 bits per heavy atom. The molecule has 1 aromatic carbocycles. The SMILES string of the molecule is CCNC(=O)COCc1ccccc1. The Hall–Kier alpha value is -1.35. The summed E-state index contributed by atoms with van der Waals surface area (Å²) in [5.41, 5.74) is 1.08. The maximum Gasteiger partial charge on any atom is 0.246 e. The molecule has 0 spiro atoms. The van der Waals surface area contributed by atoms with E-state index in [-0.39, 0.29) is 12.5 Å². The van der Waals surface area contributed by atoms with Crippen LogP contribution in [-0.4, -0.2) is 19.1 Å². The first-order valence-electron chi connectivity index (χ1n) is 4.71. The first-order chi connectivity index (χ1) is 6.83. The van der Waals surface area contributed by atoms with Crippen molar-refractivity contribution in [3.05, 3.63) is 35.9 Å². The molecular formula is C11H15NO2. The number of carbonyl (C=O) groups excluding carboxylic acids is 1. The maximum atomic E-state index is 11.0. The van der Waals surface area contributed by atoms with Gasteiger partial charge in [0.25, 0.3) is 0 Å². The van der Waals surface area contributed by atoms with E-state index < -0.39 is 0 Å². The van der Waals surface area contributed by atoms with Gasteiger partial charge in [-0.05, 0) is 12.5 Å². The van der Waals surface area contributed by atoms with Crippen molar-refractivity contribution in [3.8, 4) is 0 Å². The molecule has 3 nitrogen and oxygen atoms in total. The molecule has 0 heterocycles. The van der Waals surface area contributed by atoms with Crippen LogP contribution in [0, 0.1) is 0 Å². The minimum Gasteiger partial charge on any atom is -0.367 e. The summed E-state index contributed by atoms with van der Waals surface area (Å²) in [5.74, 6) is -0.0663. The number of ether oxygens (including phenoxy) is 1. The van der Waals surface area contributed by atoms with Crippen LogP contribution in [0.25, 0.3) is 0 Å². The molecule has 3 heteroatoms. The number of benzene rings is 1. The topological polar surface area (TPSA) is 38.3 Å². The van der Waals surface area contributed by atoms with E-state index in [1.165, 1.54) is 0 Å². The fourth-order valence-electron chi connectivity index (χ4n) is 1.08. The third kappa shape index (κ3) is 4.05. The lowest BCUT2D eigenvalue weighted by Crippen LogP contribution is -2.26. The molecule has 0 saturated carbocycles. The average molecular weight is 193 g/mol. The van der Waals surface area contributed by atoms with Gasteiger partial charge in [-0.15, -0.1) is 0 Å². The van der Waals surface area contributed by atoms with Gasteiger partial charge < -0.3 is 10.1 Å². The molecule has 76 valence electrons. The van der Waals surface area contributed by atoms with Crippen LogP contribution < -0.4 is 5.32 Å². The molecule has 14 heavy (non-hydrogen) atoms. The Balaban J connectivity index is 2.19. The second kappa shape index (κ2) is 6.16. The van der Waals surface area contributed by atoms with Crippen molar-refractivity contribution in [2.75, 3.05) is 13.2 Å². The van der Waals surface area contributed by atoms with Crippen LogP contribution in [-0.2, 0) is 16.1 Å². The van der Waals surface area contributed by atoms with E-state index in [0.29, 0.717) is 13.2 Å². The predicted octanol–water partition coefficient (Wildman–Crippen LogP) is 1.34. The largest absolute Gasteiger partial charge is 0.367 e. The summed E-state index contributed by atoms with van der Waals surface area (Å²) in [5, 5.41) is 2.67. The Kier molecular flexibility index (Phi) is 4.72. The number of carbonyl (C=O) groups is 1. The van der Waals surface area contributed by atoms with Crippen molar-refractivity contribution in [2.45, 2.75) is 13.5 Å². The summed E-state index contributed by atoms with van der Waals surface area (Å²) in [6, 6.07) is 9.79. The molecule has 0 atom stereocenters. The minimum absolute atomic E-state index is 0.0663. The van der Waals surface area contributed by atoms with Crippen LogP contribution in [0.2, 0.25) is 0 Å². The van der Waals surface area contributed by atoms with Gasteiger partial charge in [-0.25, -0.2) is 0 Å². The van der Waals surface area contributed by atoms with Crippen LogP contribution in [0.15, 0.2) is 30.3 Å². The van der Waals surface area contributed by atoms with Gasteiger partial charge in [-0.1, -0.05) is 30.3 Å². The molecule has 1 N–H and O–H groups in total. The number of nitrogens with one attached hydrogen (secondary N) is 1. The van der Waals surface area contributed by atoms with E-state index in [0.717, 1.165) is 5.56 Å². The van der Waals surface area contributed by atoms with Crippen LogP contribution >= 0.6 is 0 Å². The molecule has 0 aliphatic carbocycles. The van der Waals surface area contributed by atoms with Gasteiger partial charge in [0, 0.05) is 6.54 Å². The van der Waals surface area contributed by atoms with E-state index in [4.69, 9.17) is 4.74 Å². The maximum absolute atomic E-state index is 11.0. The zero-order chi connectivity index (χ0) is 10.2. The fraction of sp³-hybridized carbons (Fsp3) is 0.364. The summed E-state index contributed by atoms with van der Waals surface area (Å²) in [7, 11) is 0. The molecule has 1 aromatic rings. The first-order valence-corrected chi connectivity index (χ1v) is 4.71. The van der Waals surface area contributed by atoms with Gasteiger partial charge in [0.05, 0.1) is 6.61 Å². The lowest BCUT2D eigenvalue weighted by atomic mass is 10.2. The van der Waals surface area contributed by atoms with Crippen molar-refractivity contribution >= 4 is 5.91 Å². The van der Waals surface area contributed by atoms with E-state index in [1.807, 2.05) is 37.3 Å². The highest BCUT2D eigenvalue weighted by molar-refractivity contribution is 5.77. The highest BCUT2D eigenvalue weighted by atomic mass is 16.5. The molecule has 1 rings (SSSR count). The highest BCUT2D eigenvalue weighted by Crippen LogP contribution is 1.99. The number of amides is 1. The van der Waals surface area contributed by atoms with Crippen LogP contribution in [0.4, 0.5) is 0 Å². The molecule has 0 aromatic heterocycles. The molecule has 1 amide bonds. The normalized spacial score (nSPS) is 9.79.